The number of ether oxygens (including phenoxy) is 1. The van der Waals surface area contributed by atoms with Gasteiger partial charge in [0.2, 0.25) is 0 Å². The quantitative estimate of drug-likeness (QED) is 0.313. The minimum atomic E-state index is 0.142. The van der Waals surface area contributed by atoms with Crippen molar-refractivity contribution in [2.75, 3.05) is 12.3 Å². The Morgan fingerprint density at radius 2 is 1.73 bits per heavy atom. The van der Waals surface area contributed by atoms with Crippen LogP contribution in [-0.2, 0) is 6.42 Å². The van der Waals surface area contributed by atoms with E-state index in [0.717, 1.165) is 22.3 Å². The van der Waals surface area contributed by atoms with Crippen molar-refractivity contribution in [1.29, 1.82) is 0 Å². The van der Waals surface area contributed by atoms with Crippen molar-refractivity contribution in [2.45, 2.75) is 19.3 Å². The number of nitrogens with two attached hydrogens (primary N) is 1. The zero-order chi connectivity index (χ0) is 20.9. The molecule has 0 aliphatic heterocycles. The van der Waals surface area contributed by atoms with Gasteiger partial charge in [-0.25, -0.2) is 4.98 Å². The van der Waals surface area contributed by atoms with Crippen LogP contribution < -0.4 is 10.5 Å². The fourth-order valence-corrected chi connectivity index (χ4v) is 4.70. The van der Waals surface area contributed by atoms with Gasteiger partial charge in [0.1, 0.15) is 5.75 Å². The van der Waals surface area contributed by atoms with Crippen molar-refractivity contribution in [3.8, 4) is 16.9 Å². The number of aromatic nitrogens is 1. The minimum Gasteiger partial charge on any atom is -0.494 e. The summed E-state index contributed by atoms with van der Waals surface area (Å²) in [6, 6.07) is 25.3. The largest absolute Gasteiger partial charge is 0.494 e. The van der Waals surface area contributed by atoms with Crippen molar-refractivity contribution < 1.29 is 4.74 Å². The fourth-order valence-electron chi connectivity index (χ4n) is 3.57. The highest BCUT2D eigenvalue weighted by Crippen LogP contribution is 2.33. The summed E-state index contributed by atoms with van der Waals surface area (Å²) in [7, 11) is 0. The smallest absolute Gasteiger partial charge is 0.180 e. The molecule has 30 heavy (non-hydrogen) atoms. The van der Waals surface area contributed by atoms with Crippen LogP contribution >= 0.6 is 27.3 Å². The number of nitrogens with zero attached hydrogens (tertiary/aromatic N) is 1. The number of hydrogen-bond donors (Lipinski definition) is 1. The molecule has 0 saturated heterocycles. The number of rotatable bonds is 7. The van der Waals surface area contributed by atoms with Gasteiger partial charge in [0.15, 0.2) is 5.13 Å². The Labute approximate surface area is 189 Å². The third-order valence-electron chi connectivity index (χ3n) is 5.07. The Kier molecular flexibility index (Phi) is 6.50. The highest BCUT2D eigenvalue weighted by molar-refractivity contribution is 9.10. The number of thiazole rings is 1. The zero-order valence-electron chi connectivity index (χ0n) is 16.7. The molecule has 0 bridgehead atoms. The molecule has 0 radical (unpaired) electrons. The molecule has 3 aromatic carbocycles. The lowest BCUT2D eigenvalue weighted by molar-refractivity contribution is 0.340. The molecule has 0 saturated carbocycles. The molecule has 152 valence electrons. The van der Waals surface area contributed by atoms with E-state index < -0.39 is 0 Å². The van der Waals surface area contributed by atoms with E-state index in [2.05, 4.69) is 80.9 Å². The van der Waals surface area contributed by atoms with E-state index in [1.54, 1.807) is 0 Å². The van der Waals surface area contributed by atoms with Gasteiger partial charge in [0, 0.05) is 15.8 Å². The molecule has 1 heterocycles. The first-order chi connectivity index (χ1) is 14.6. The second-order valence-corrected chi connectivity index (χ2v) is 8.79. The van der Waals surface area contributed by atoms with Crippen molar-refractivity contribution in [2.24, 2.45) is 0 Å². The van der Waals surface area contributed by atoms with E-state index in [9.17, 15) is 0 Å². The van der Waals surface area contributed by atoms with Crippen LogP contribution in [0, 0.1) is 0 Å². The molecule has 1 atom stereocenters. The van der Waals surface area contributed by atoms with Gasteiger partial charge in [-0.3, -0.25) is 0 Å². The van der Waals surface area contributed by atoms with Crippen LogP contribution in [0.4, 0.5) is 5.13 Å². The lowest BCUT2D eigenvalue weighted by atomic mass is 9.89. The third-order valence-corrected chi connectivity index (χ3v) is 6.45. The minimum absolute atomic E-state index is 0.142. The summed E-state index contributed by atoms with van der Waals surface area (Å²) in [6.07, 6.45) is 0.855. The van der Waals surface area contributed by atoms with Gasteiger partial charge < -0.3 is 10.5 Å². The summed E-state index contributed by atoms with van der Waals surface area (Å²) < 4.78 is 6.70. The molecule has 1 aromatic heterocycles. The molecule has 3 nitrogen and oxygen atoms in total. The van der Waals surface area contributed by atoms with Gasteiger partial charge in [-0.05, 0) is 53.8 Å². The third kappa shape index (κ3) is 4.74. The lowest BCUT2D eigenvalue weighted by Crippen LogP contribution is -2.06. The van der Waals surface area contributed by atoms with Crippen molar-refractivity contribution in [3.05, 3.63) is 99.5 Å². The molecule has 5 heteroatoms. The molecule has 0 fully saturated rings. The number of hydrogen-bond acceptors (Lipinski definition) is 4. The molecule has 0 unspecified atom stereocenters. The molecule has 4 aromatic rings. The normalized spacial score (nSPS) is 11.9. The maximum absolute atomic E-state index is 5.93. The number of nitrogen functional groups attached to an aromatic ring is 1. The van der Waals surface area contributed by atoms with Crippen LogP contribution in [0.15, 0.2) is 82.6 Å². The molecular formula is C25H23BrN2OS. The molecule has 2 N–H and O–H groups in total. The van der Waals surface area contributed by atoms with E-state index in [0.29, 0.717) is 11.7 Å². The van der Waals surface area contributed by atoms with Crippen LogP contribution in [0.1, 0.15) is 29.7 Å². The van der Waals surface area contributed by atoms with Crippen LogP contribution in [0.2, 0.25) is 0 Å². The van der Waals surface area contributed by atoms with Gasteiger partial charge in [-0.15, -0.1) is 11.3 Å². The second-order valence-electron chi connectivity index (χ2n) is 7.05. The molecular weight excluding hydrogens is 456 g/mol. The topological polar surface area (TPSA) is 48.1 Å². The highest BCUT2D eigenvalue weighted by Gasteiger charge is 2.18. The summed E-state index contributed by atoms with van der Waals surface area (Å²) in [5.74, 6) is 1.03. The molecule has 0 amide bonds. The summed E-state index contributed by atoms with van der Waals surface area (Å²) >= 11 is 5.13. The SMILES string of the molecule is CCOc1ccc([C@H](Cc2ccc(-c3ccccc3Br)cc2)c2csc(N)n2)cc1. The Balaban J connectivity index is 1.61. The zero-order valence-corrected chi connectivity index (χ0v) is 19.1. The number of benzene rings is 3. The number of anilines is 1. The van der Waals surface area contributed by atoms with Gasteiger partial charge >= 0.3 is 0 Å². The fraction of sp³-hybridized carbons (Fsp3) is 0.160. The summed E-state index contributed by atoms with van der Waals surface area (Å²) in [5.41, 5.74) is 11.8. The van der Waals surface area contributed by atoms with Gasteiger partial charge in [0.25, 0.3) is 0 Å². The highest BCUT2D eigenvalue weighted by atomic mass is 79.9. The first kappa shape index (κ1) is 20.6. The monoisotopic (exact) mass is 478 g/mol. The van der Waals surface area contributed by atoms with E-state index in [1.807, 2.05) is 25.1 Å². The molecule has 0 aliphatic rings. The molecule has 0 spiro atoms. The van der Waals surface area contributed by atoms with E-state index in [4.69, 9.17) is 10.5 Å². The summed E-state index contributed by atoms with van der Waals surface area (Å²) in [4.78, 5) is 4.58. The first-order valence-corrected chi connectivity index (χ1v) is 11.6. The Morgan fingerprint density at radius 1 is 1.00 bits per heavy atom. The number of halogens is 1. The van der Waals surface area contributed by atoms with Crippen molar-refractivity contribution in [3.63, 3.8) is 0 Å². The maximum atomic E-state index is 5.93. The van der Waals surface area contributed by atoms with Gasteiger partial charge in [-0.2, -0.15) is 0 Å². The average Bonchev–Trinajstić information content (AvgIpc) is 3.20. The summed E-state index contributed by atoms with van der Waals surface area (Å²) in [6.45, 7) is 2.65. The van der Waals surface area contributed by atoms with Gasteiger partial charge in [-0.1, -0.05) is 70.5 Å². The predicted octanol–water partition coefficient (Wildman–Crippen LogP) is 6.93. The van der Waals surface area contributed by atoms with Crippen LogP contribution in [-0.4, -0.2) is 11.6 Å². The van der Waals surface area contributed by atoms with E-state index in [-0.39, 0.29) is 5.92 Å². The van der Waals surface area contributed by atoms with E-state index in [1.165, 1.54) is 33.6 Å². The van der Waals surface area contributed by atoms with E-state index >= 15 is 0 Å². The lowest BCUT2D eigenvalue weighted by Gasteiger charge is -2.17. The van der Waals surface area contributed by atoms with Crippen LogP contribution in [0.25, 0.3) is 11.1 Å². The Bertz CT molecular complexity index is 1110. The van der Waals surface area contributed by atoms with Crippen molar-refractivity contribution in [1.82, 2.24) is 4.98 Å². The Morgan fingerprint density at radius 3 is 2.37 bits per heavy atom. The Hall–Kier alpha value is -2.63. The van der Waals surface area contributed by atoms with Crippen molar-refractivity contribution >= 4 is 32.4 Å². The average molecular weight is 479 g/mol. The van der Waals surface area contributed by atoms with Crippen LogP contribution in [0.5, 0.6) is 5.75 Å². The van der Waals surface area contributed by atoms with Crippen LogP contribution in [0.3, 0.4) is 0 Å². The predicted molar refractivity (Wildman–Crippen MR) is 129 cm³/mol. The first-order valence-electron chi connectivity index (χ1n) is 9.91. The maximum Gasteiger partial charge on any atom is 0.180 e. The second kappa shape index (κ2) is 9.45. The molecule has 0 aliphatic carbocycles. The van der Waals surface area contributed by atoms with Gasteiger partial charge in [0.05, 0.1) is 12.3 Å². The molecule has 4 rings (SSSR count). The summed E-state index contributed by atoms with van der Waals surface area (Å²) in [5, 5.41) is 2.66. The standard InChI is InChI=1S/C25H23BrN2OS/c1-2-29-20-13-11-19(12-14-20)22(24-16-30-25(27)28-24)15-17-7-9-18(10-8-17)21-5-3-4-6-23(21)26/h3-14,16,22H,2,15H2,1H3,(H2,27,28)/t22-/m0/s1.